The summed E-state index contributed by atoms with van der Waals surface area (Å²) in [6.07, 6.45) is 0. The van der Waals surface area contributed by atoms with E-state index in [0.29, 0.717) is 35.4 Å². The number of hydrogen-bond donors (Lipinski definition) is 2. The Balaban J connectivity index is 2.61. The Hall–Kier alpha value is -0.970. The molecule has 1 aromatic rings. The van der Waals surface area contributed by atoms with Gasteiger partial charge >= 0.3 is 0 Å². The first kappa shape index (κ1) is 14.1. The Labute approximate surface area is 106 Å². The highest BCUT2D eigenvalue weighted by Gasteiger charge is 2.09. The smallest absolute Gasteiger partial charge is 0.162 e. The minimum Gasteiger partial charge on any atom is -0.504 e. The van der Waals surface area contributed by atoms with Crippen molar-refractivity contribution in [3.63, 3.8) is 0 Å². The van der Waals surface area contributed by atoms with Crippen LogP contribution in [0.25, 0.3) is 0 Å². The third kappa shape index (κ3) is 4.42. The lowest BCUT2D eigenvalue weighted by molar-refractivity contribution is 0.0193. The number of phenolic OH excluding ortho intramolecular Hbond substituents is 1. The van der Waals surface area contributed by atoms with Crippen LogP contribution in [0.1, 0.15) is 19.4 Å². The second-order valence-corrected chi connectivity index (χ2v) is 4.58. The van der Waals surface area contributed by atoms with Crippen LogP contribution in [-0.2, 0) is 11.4 Å². The van der Waals surface area contributed by atoms with Gasteiger partial charge in [-0.15, -0.1) is 0 Å². The van der Waals surface area contributed by atoms with E-state index in [2.05, 4.69) is 19.3 Å². The number of halogens is 1. The molecule has 0 bridgehead atoms. The maximum Gasteiger partial charge on any atom is 0.162 e. The molecule has 5 heteroatoms. The summed E-state index contributed by atoms with van der Waals surface area (Å²) < 4.78 is 5.01. The molecule has 4 nitrogen and oxygen atoms in total. The minimum atomic E-state index is 0.0811. The molecule has 0 atom stereocenters. The highest BCUT2D eigenvalue weighted by Crippen LogP contribution is 2.33. The van der Waals surface area contributed by atoms with Crippen molar-refractivity contribution in [2.75, 3.05) is 13.7 Å². The van der Waals surface area contributed by atoms with E-state index in [0.717, 1.165) is 0 Å². The third-order valence-corrected chi connectivity index (χ3v) is 2.34. The summed E-state index contributed by atoms with van der Waals surface area (Å²) in [7, 11) is 1.48. The van der Waals surface area contributed by atoms with Crippen molar-refractivity contribution in [1.82, 2.24) is 5.48 Å². The van der Waals surface area contributed by atoms with Crippen LogP contribution >= 0.6 is 11.6 Å². The fourth-order valence-corrected chi connectivity index (χ4v) is 1.50. The van der Waals surface area contributed by atoms with Crippen LogP contribution in [0, 0.1) is 5.92 Å². The van der Waals surface area contributed by atoms with Gasteiger partial charge in [-0.2, -0.15) is 5.48 Å². The number of benzene rings is 1. The van der Waals surface area contributed by atoms with E-state index in [-0.39, 0.29) is 5.75 Å². The summed E-state index contributed by atoms with van der Waals surface area (Å²) in [6.45, 7) is 5.09. The molecule has 0 spiro atoms. The average molecular weight is 260 g/mol. The van der Waals surface area contributed by atoms with E-state index in [1.54, 1.807) is 12.1 Å². The van der Waals surface area contributed by atoms with E-state index in [1.165, 1.54) is 7.11 Å². The van der Waals surface area contributed by atoms with Crippen molar-refractivity contribution in [2.24, 2.45) is 5.92 Å². The van der Waals surface area contributed by atoms with Crippen molar-refractivity contribution in [2.45, 2.75) is 20.4 Å². The zero-order chi connectivity index (χ0) is 12.8. The summed E-state index contributed by atoms with van der Waals surface area (Å²) in [5, 5.41) is 10.4. The van der Waals surface area contributed by atoms with Gasteiger partial charge in [0.25, 0.3) is 0 Å². The Bertz CT molecular complexity index is 369. The van der Waals surface area contributed by atoms with Crippen molar-refractivity contribution in [1.29, 1.82) is 0 Å². The summed E-state index contributed by atoms with van der Waals surface area (Å²) in [6, 6.07) is 3.24. The second-order valence-electron chi connectivity index (χ2n) is 4.14. The van der Waals surface area contributed by atoms with Gasteiger partial charge in [-0.05, 0) is 12.0 Å². The van der Waals surface area contributed by atoms with Crippen LogP contribution in [0.2, 0.25) is 5.02 Å². The molecule has 0 aromatic heterocycles. The van der Waals surface area contributed by atoms with Crippen LogP contribution < -0.4 is 10.2 Å². The molecule has 96 valence electrons. The van der Waals surface area contributed by atoms with Crippen LogP contribution in [0.5, 0.6) is 11.5 Å². The molecule has 0 aliphatic rings. The lowest BCUT2D eigenvalue weighted by Crippen LogP contribution is -2.17. The molecule has 17 heavy (non-hydrogen) atoms. The van der Waals surface area contributed by atoms with Crippen molar-refractivity contribution >= 4 is 11.6 Å². The van der Waals surface area contributed by atoms with Crippen LogP contribution in [0.15, 0.2) is 12.1 Å². The molecular formula is C12H18ClNO3. The number of methoxy groups -OCH3 is 1. The Morgan fingerprint density at radius 2 is 2.12 bits per heavy atom. The largest absolute Gasteiger partial charge is 0.504 e. The number of nitrogens with one attached hydrogen (secondary N) is 1. The average Bonchev–Trinajstić information content (AvgIpc) is 2.28. The van der Waals surface area contributed by atoms with E-state index >= 15 is 0 Å². The fourth-order valence-electron chi connectivity index (χ4n) is 1.27. The van der Waals surface area contributed by atoms with Gasteiger partial charge in [0.05, 0.1) is 13.7 Å². The first-order chi connectivity index (χ1) is 8.04. The maximum atomic E-state index is 9.84. The van der Waals surface area contributed by atoms with Crippen molar-refractivity contribution < 1.29 is 14.7 Å². The molecule has 0 amide bonds. The number of hydroxylamine groups is 1. The lowest BCUT2D eigenvalue weighted by atomic mass is 10.2. The molecule has 0 saturated carbocycles. The first-order valence-electron chi connectivity index (χ1n) is 5.44. The van der Waals surface area contributed by atoms with Crippen molar-refractivity contribution in [3.05, 3.63) is 22.7 Å². The zero-order valence-electron chi connectivity index (χ0n) is 10.3. The normalized spacial score (nSPS) is 10.9. The Morgan fingerprint density at radius 3 is 2.71 bits per heavy atom. The maximum absolute atomic E-state index is 9.84. The topological polar surface area (TPSA) is 50.7 Å². The van der Waals surface area contributed by atoms with E-state index in [1.807, 2.05) is 0 Å². The van der Waals surface area contributed by atoms with E-state index in [4.69, 9.17) is 21.2 Å². The number of hydrogen-bond acceptors (Lipinski definition) is 4. The van der Waals surface area contributed by atoms with E-state index in [9.17, 15) is 5.11 Å². The van der Waals surface area contributed by atoms with Crippen LogP contribution in [0.4, 0.5) is 0 Å². The number of ether oxygens (including phenoxy) is 1. The van der Waals surface area contributed by atoms with Gasteiger partial charge < -0.3 is 14.7 Å². The highest BCUT2D eigenvalue weighted by atomic mass is 35.5. The van der Waals surface area contributed by atoms with Gasteiger partial charge in [0.15, 0.2) is 11.5 Å². The van der Waals surface area contributed by atoms with Crippen LogP contribution in [0.3, 0.4) is 0 Å². The molecule has 0 radical (unpaired) electrons. The summed E-state index contributed by atoms with van der Waals surface area (Å²) in [5.41, 5.74) is 3.42. The standard InChI is InChI=1S/C12H18ClNO3/c1-8(2)7-17-14-6-9-4-10(13)5-11(16-3)12(9)15/h4-5,8,14-15H,6-7H2,1-3H3. The summed E-state index contributed by atoms with van der Waals surface area (Å²) in [5.74, 6) is 0.890. The fraction of sp³-hybridized carbons (Fsp3) is 0.500. The molecule has 0 aliphatic carbocycles. The molecule has 0 fully saturated rings. The SMILES string of the molecule is COc1cc(Cl)cc(CNOCC(C)C)c1O. The van der Waals surface area contributed by atoms with Gasteiger partial charge in [0.2, 0.25) is 0 Å². The van der Waals surface area contributed by atoms with Gasteiger partial charge in [-0.3, -0.25) is 0 Å². The molecule has 0 heterocycles. The third-order valence-electron chi connectivity index (χ3n) is 2.12. The van der Waals surface area contributed by atoms with Gasteiger partial charge in [-0.1, -0.05) is 25.4 Å². The number of aromatic hydroxyl groups is 1. The highest BCUT2D eigenvalue weighted by molar-refractivity contribution is 6.30. The predicted octanol–water partition coefficient (Wildman–Crippen LogP) is 2.73. The molecule has 0 aliphatic heterocycles. The van der Waals surface area contributed by atoms with Crippen molar-refractivity contribution in [3.8, 4) is 11.5 Å². The molecule has 1 aromatic carbocycles. The summed E-state index contributed by atoms with van der Waals surface area (Å²) in [4.78, 5) is 5.22. The van der Waals surface area contributed by atoms with Crippen LogP contribution in [-0.4, -0.2) is 18.8 Å². The molecule has 0 unspecified atom stereocenters. The Morgan fingerprint density at radius 1 is 1.41 bits per heavy atom. The predicted molar refractivity (Wildman–Crippen MR) is 67.3 cm³/mol. The quantitative estimate of drug-likeness (QED) is 0.609. The monoisotopic (exact) mass is 259 g/mol. The van der Waals surface area contributed by atoms with Gasteiger partial charge in [0, 0.05) is 23.2 Å². The zero-order valence-corrected chi connectivity index (χ0v) is 11.0. The molecule has 1 rings (SSSR count). The second kappa shape index (κ2) is 6.69. The van der Waals surface area contributed by atoms with Gasteiger partial charge in [-0.25, -0.2) is 0 Å². The van der Waals surface area contributed by atoms with E-state index < -0.39 is 0 Å². The molecular weight excluding hydrogens is 242 g/mol. The Kier molecular flexibility index (Phi) is 5.55. The van der Waals surface area contributed by atoms with Gasteiger partial charge in [0.1, 0.15) is 0 Å². The lowest BCUT2D eigenvalue weighted by Gasteiger charge is -2.11. The minimum absolute atomic E-state index is 0.0811. The molecule has 0 saturated heterocycles. The first-order valence-corrected chi connectivity index (χ1v) is 5.82. The number of rotatable bonds is 6. The summed E-state index contributed by atoms with van der Waals surface area (Å²) >= 11 is 5.90. The molecule has 2 N–H and O–H groups in total. The number of phenols is 1.